The Kier molecular flexibility index (Phi) is 4.49. The number of rotatable bonds is 3. The number of piperazine rings is 2. The number of imide groups is 1. The van der Waals surface area contributed by atoms with Crippen LogP contribution in [0.1, 0.15) is 13.3 Å². The lowest BCUT2D eigenvalue weighted by Gasteiger charge is -2.35. The third-order valence-electron chi connectivity index (χ3n) is 3.53. The highest BCUT2D eigenvalue weighted by Gasteiger charge is 2.35. The molecule has 0 radical (unpaired) electrons. The third-order valence-corrected chi connectivity index (χ3v) is 3.53. The van der Waals surface area contributed by atoms with E-state index in [4.69, 9.17) is 0 Å². The minimum Gasteiger partial charge on any atom is -0.320 e. The van der Waals surface area contributed by atoms with Gasteiger partial charge in [-0.1, -0.05) is 6.92 Å². The van der Waals surface area contributed by atoms with Crippen LogP contribution >= 0.6 is 0 Å². The smallest absolute Gasteiger partial charge is 0.249 e. The molecule has 2 fully saturated rings. The highest BCUT2D eigenvalue weighted by atomic mass is 16.2. The van der Waals surface area contributed by atoms with Gasteiger partial charge < -0.3 is 10.2 Å². The van der Waals surface area contributed by atoms with Crippen LogP contribution in [0.5, 0.6) is 0 Å². The van der Waals surface area contributed by atoms with E-state index in [-0.39, 0.29) is 24.9 Å². The standard InChI is InChI=1S/C12H20N4O3/c1-2-9-12(19)14-10(17)7-16(9)11(18)8-15-5-3-13-4-6-15/h9,13H,2-8H2,1H3,(H,14,17,19). The van der Waals surface area contributed by atoms with E-state index in [1.807, 2.05) is 11.8 Å². The van der Waals surface area contributed by atoms with E-state index < -0.39 is 11.9 Å². The minimum atomic E-state index is -0.520. The zero-order chi connectivity index (χ0) is 13.8. The van der Waals surface area contributed by atoms with Crippen molar-refractivity contribution in [3.05, 3.63) is 0 Å². The quantitative estimate of drug-likeness (QED) is 0.588. The van der Waals surface area contributed by atoms with Crippen molar-refractivity contribution in [1.29, 1.82) is 0 Å². The number of amides is 3. The maximum atomic E-state index is 12.3. The van der Waals surface area contributed by atoms with E-state index in [1.54, 1.807) is 0 Å². The first-order valence-electron chi connectivity index (χ1n) is 6.68. The lowest BCUT2D eigenvalue weighted by atomic mass is 10.1. The summed E-state index contributed by atoms with van der Waals surface area (Å²) in [6.45, 7) is 5.46. The van der Waals surface area contributed by atoms with Gasteiger partial charge in [0.2, 0.25) is 17.7 Å². The van der Waals surface area contributed by atoms with Crippen molar-refractivity contribution >= 4 is 17.7 Å². The Labute approximate surface area is 112 Å². The van der Waals surface area contributed by atoms with Crippen molar-refractivity contribution in [2.24, 2.45) is 0 Å². The zero-order valence-electron chi connectivity index (χ0n) is 11.1. The van der Waals surface area contributed by atoms with E-state index >= 15 is 0 Å². The van der Waals surface area contributed by atoms with Gasteiger partial charge in [-0.3, -0.25) is 24.6 Å². The molecule has 2 saturated heterocycles. The van der Waals surface area contributed by atoms with Gasteiger partial charge in [0.25, 0.3) is 0 Å². The molecule has 7 heteroatoms. The molecule has 2 rings (SSSR count). The number of carbonyl (C=O) groups excluding carboxylic acids is 3. The highest BCUT2D eigenvalue weighted by molar-refractivity contribution is 6.04. The topological polar surface area (TPSA) is 81.8 Å². The Morgan fingerprint density at radius 1 is 1.32 bits per heavy atom. The molecule has 0 aromatic rings. The van der Waals surface area contributed by atoms with Crippen LogP contribution in [0.2, 0.25) is 0 Å². The molecule has 1 unspecified atom stereocenters. The van der Waals surface area contributed by atoms with Crippen molar-refractivity contribution in [1.82, 2.24) is 20.4 Å². The van der Waals surface area contributed by atoms with Gasteiger partial charge in [0.05, 0.1) is 6.54 Å². The molecule has 2 aliphatic heterocycles. The number of carbonyl (C=O) groups is 3. The molecule has 2 N–H and O–H groups in total. The Morgan fingerprint density at radius 3 is 2.63 bits per heavy atom. The fourth-order valence-electron chi connectivity index (χ4n) is 2.49. The van der Waals surface area contributed by atoms with Crippen molar-refractivity contribution in [3.8, 4) is 0 Å². The maximum Gasteiger partial charge on any atom is 0.249 e. The van der Waals surface area contributed by atoms with Gasteiger partial charge in [0.15, 0.2) is 0 Å². The average molecular weight is 268 g/mol. The molecular formula is C12H20N4O3. The first-order valence-corrected chi connectivity index (χ1v) is 6.68. The molecule has 0 saturated carbocycles. The van der Waals surface area contributed by atoms with Gasteiger partial charge in [-0.05, 0) is 6.42 Å². The lowest BCUT2D eigenvalue weighted by Crippen LogP contribution is -2.61. The molecule has 106 valence electrons. The average Bonchev–Trinajstić information content (AvgIpc) is 2.39. The van der Waals surface area contributed by atoms with Gasteiger partial charge >= 0.3 is 0 Å². The number of hydrogen-bond acceptors (Lipinski definition) is 5. The summed E-state index contributed by atoms with van der Waals surface area (Å²) < 4.78 is 0. The summed E-state index contributed by atoms with van der Waals surface area (Å²) in [6, 6.07) is -0.520. The molecule has 0 aromatic heterocycles. The zero-order valence-corrected chi connectivity index (χ0v) is 11.1. The first kappa shape index (κ1) is 14.0. The van der Waals surface area contributed by atoms with Crippen LogP contribution in [0.3, 0.4) is 0 Å². The van der Waals surface area contributed by atoms with Gasteiger partial charge in [0.1, 0.15) is 12.6 Å². The van der Waals surface area contributed by atoms with E-state index in [0.29, 0.717) is 6.42 Å². The first-order chi connectivity index (χ1) is 9.11. The molecule has 0 spiro atoms. The summed E-state index contributed by atoms with van der Waals surface area (Å²) in [6.07, 6.45) is 0.520. The fraction of sp³-hybridized carbons (Fsp3) is 0.750. The second-order valence-corrected chi connectivity index (χ2v) is 4.88. The van der Waals surface area contributed by atoms with Crippen LogP contribution in [0.15, 0.2) is 0 Å². The van der Waals surface area contributed by atoms with Crippen LogP contribution in [-0.2, 0) is 14.4 Å². The van der Waals surface area contributed by atoms with Crippen LogP contribution < -0.4 is 10.6 Å². The lowest BCUT2D eigenvalue weighted by molar-refractivity contribution is -0.150. The van der Waals surface area contributed by atoms with Crippen molar-refractivity contribution in [2.75, 3.05) is 39.3 Å². The fourth-order valence-corrected chi connectivity index (χ4v) is 2.49. The van der Waals surface area contributed by atoms with Gasteiger partial charge in [0, 0.05) is 26.2 Å². The Bertz CT molecular complexity index is 379. The van der Waals surface area contributed by atoms with Crippen molar-refractivity contribution in [2.45, 2.75) is 19.4 Å². The Morgan fingerprint density at radius 2 is 2.00 bits per heavy atom. The summed E-state index contributed by atoms with van der Waals surface area (Å²) in [4.78, 5) is 38.8. The maximum absolute atomic E-state index is 12.3. The van der Waals surface area contributed by atoms with E-state index in [0.717, 1.165) is 26.2 Å². The molecular weight excluding hydrogens is 248 g/mol. The van der Waals surface area contributed by atoms with Crippen LogP contribution in [0.25, 0.3) is 0 Å². The second-order valence-electron chi connectivity index (χ2n) is 4.88. The van der Waals surface area contributed by atoms with Crippen LogP contribution in [-0.4, -0.2) is 72.8 Å². The SMILES string of the molecule is CCC1C(=O)NC(=O)CN1C(=O)CN1CCNCC1. The molecule has 2 heterocycles. The molecule has 7 nitrogen and oxygen atoms in total. The summed E-state index contributed by atoms with van der Waals surface area (Å²) in [5.74, 6) is -0.910. The van der Waals surface area contributed by atoms with E-state index in [9.17, 15) is 14.4 Å². The summed E-state index contributed by atoms with van der Waals surface area (Å²) in [5.41, 5.74) is 0. The molecule has 1 atom stereocenters. The normalized spacial score (nSPS) is 25.3. The van der Waals surface area contributed by atoms with Crippen LogP contribution in [0.4, 0.5) is 0 Å². The van der Waals surface area contributed by atoms with Gasteiger partial charge in [-0.25, -0.2) is 0 Å². The largest absolute Gasteiger partial charge is 0.320 e. The number of nitrogens with one attached hydrogen (secondary N) is 2. The molecule has 19 heavy (non-hydrogen) atoms. The molecule has 2 aliphatic rings. The monoisotopic (exact) mass is 268 g/mol. The molecule has 0 aromatic carbocycles. The highest BCUT2D eigenvalue weighted by Crippen LogP contribution is 2.10. The second kappa shape index (κ2) is 6.12. The summed E-state index contributed by atoms with van der Waals surface area (Å²) >= 11 is 0. The number of hydrogen-bond donors (Lipinski definition) is 2. The minimum absolute atomic E-state index is 0.0187. The predicted molar refractivity (Wildman–Crippen MR) is 68.3 cm³/mol. The summed E-state index contributed by atoms with van der Waals surface area (Å²) in [5, 5.41) is 5.49. The Balaban J connectivity index is 1.98. The number of nitrogens with zero attached hydrogens (tertiary/aromatic N) is 2. The molecule has 3 amide bonds. The molecule has 0 bridgehead atoms. The van der Waals surface area contributed by atoms with Crippen molar-refractivity contribution in [3.63, 3.8) is 0 Å². The Hall–Kier alpha value is -1.47. The van der Waals surface area contributed by atoms with E-state index in [2.05, 4.69) is 10.6 Å². The van der Waals surface area contributed by atoms with Crippen LogP contribution in [0, 0.1) is 0 Å². The van der Waals surface area contributed by atoms with Gasteiger partial charge in [-0.2, -0.15) is 0 Å². The van der Waals surface area contributed by atoms with Gasteiger partial charge in [-0.15, -0.1) is 0 Å². The third kappa shape index (κ3) is 3.30. The summed E-state index contributed by atoms with van der Waals surface area (Å²) in [7, 11) is 0. The molecule has 0 aliphatic carbocycles. The predicted octanol–water partition coefficient (Wildman–Crippen LogP) is -1.84. The van der Waals surface area contributed by atoms with Crippen molar-refractivity contribution < 1.29 is 14.4 Å². The van der Waals surface area contributed by atoms with E-state index in [1.165, 1.54) is 4.90 Å².